The molecule has 0 aromatic heterocycles. The smallest absolute Gasteiger partial charge is 0.408 e. The fraction of sp³-hybridized carbons (Fsp3) is 0.500. The molecule has 0 saturated carbocycles. The van der Waals surface area contributed by atoms with Crippen LogP contribution in [0.1, 0.15) is 43.5 Å². The van der Waals surface area contributed by atoms with Crippen LogP contribution in [0.3, 0.4) is 0 Å². The minimum Gasteiger partial charge on any atom is -0.468 e. The van der Waals surface area contributed by atoms with Gasteiger partial charge in [-0.1, -0.05) is 29.8 Å². The van der Waals surface area contributed by atoms with Crippen molar-refractivity contribution in [1.29, 1.82) is 0 Å². The molecule has 34 heavy (non-hydrogen) atoms. The summed E-state index contributed by atoms with van der Waals surface area (Å²) in [6.45, 7) is 12.2. The molecular formula is C24H35N3O6S. The molecule has 1 aromatic rings. The first-order valence-electron chi connectivity index (χ1n) is 10.8. The molecular weight excluding hydrogens is 458 g/mol. The van der Waals surface area contributed by atoms with E-state index in [1.165, 1.54) is 18.1 Å². The second-order valence-electron chi connectivity index (χ2n) is 8.72. The molecule has 2 atom stereocenters. The van der Waals surface area contributed by atoms with Crippen molar-refractivity contribution in [1.82, 2.24) is 15.5 Å². The lowest BCUT2D eigenvalue weighted by atomic mass is 9.96. The summed E-state index contributed by atoms with van der Waals surface area (Å²) in [5.74, 6) is -1.80. The van der Waals surface area contributed by atoms with Crippen LogP contribution in [0.15, 0.2) is 30.9 Å². The molecule has 2 N–H and O–H groups in total. The van der Waals surface area contributed by atoms with Gasteiger partial charge in [0.25, 0.3) is 0 Å². The third-order valence-corrected chi connectivity index (χ3v) is 5.06. The topological polar surface area (TPSA) is 114 Å². The number of amides is 3. The number of carbonyl (C=O) groups excluding carboxylic acids is 4. The molecule has 0 aliphatic rings. The maximum absolute atomic E-state index is 13.5. The normalized spacial score (nSPS) is 12.7. The molecule has 1 rings (SSSR count). The van der Waals surface area contributed by atoms with Gasteiger partial charge in [-0.3, -0.25) is 14.4 Å². The fourth-order valence-corrected chi connectivity index (χ4v) is 3.46. The molecule has 0 bridgehead atoms. The highest BCUT2D eigenvalue weighted by Gasteiger charge is 2.36. The third kappa shape index (κ3) is 8.74. The van der Waals surface area contributed by atoms with Crippen LogP contribution >= 0.6 is 12.6 Å². The molecule has 0 saturated heterocycles. The quantitative estimate of drug-likeness (QED) is 0.262. The standard InChI is InChI=1S/C24H35N3O6S/c1-8-11-27(22(30)18(14-34)26-23(31)33-24(4,5)6)20(21(29)25-13-19(28)32-7)17-10-9-15(2)12-16(17)3/h8-10,12,18,20,34H,1,11,13-14H2,2-7H3,(H,25,29)(H,26,31). The number of nitrogens with one attached hydrogen (secondary N) is 2. The zero-order valence-electron chi connectivity index (χ0n) is 20.6. The van der Waals surface area contributed by atoms with Gasteiger partial charge in [0.05, 0.1) is 7.11 Å². The van der Waals surface area contributed by atoms with Gasteiger partial charge in [0.2, 0.25) is 11.8 Å². The van der Waals surface area contributed by atoms with Crippen molar-refractivity contribution in [2.45, 2.75) is 52.3 Å². The Kier molecular flexibility index (Phi) is 11.1. The Morgan fingerprint density at radius 2 is 1.85 bits per heavy atom. The predicted molar refractivity (Wildman–Crippen MR) is 133 cm³/mol. The Labute approximate surface area is 206 Å². The number of alkyl carbamates (subject to hydrolysis) is 1. The van der Waals surface area contributed by atoms with Crippen molar-refractivity contribution < 1.29 is 28.7 Å². The first-order valence-corrected chi connectivity index (χ1v) is 11.4. The highest BCUT2D eigenvalue weighted by atomic mass is 32.1. The number of nitrogens with zero attached hydrogens (tertiary/aromatic N) is 1. The highest BCUT2D eigenvalue weighted by molar-refractivity contribution is 7.80. The van der Waals surface area contributed by atoms with E-state index in [9.17, 15) is 19.2 Å². The highest BCUT2D eigenvalue weighted by Crippen LogP contribution is 2.26. The fourth-order valence-electron chi connectivity index (χ4n) is 3.21. The van der Waals surface area contributed by atoms with Gasteiger partial charge in [0.1, 0.15) is 24.2 Å². The number of esters is 1. The van der Waals surface area contributed by atoms with E-state index in [-0.39, 0.29) is 18.8 Å². The van der Waals surface area contributed by atoms with Gasteiger partial charge in [-0.15, -0.1) is 6.58 Å². The maximum atomic E-state index is 13.5. The Bertz CT molecular complexity index is 912. The second kappa shape index (κ2) is 13.0. The van der Waals surface area contributed by atoms with Crippen LogP contribution in [0.4, 0.5) is 4.79 Å². The summed E-state index contributed by atoms with van der Waals surface area (Å²) in [4.78, 5) is 52.0. The van der Waals surface area contributed by atoms with Crippen molar-refractivity contribution in [3.8, 4) is 0 Å². The minimum absolute atomic E-state index is 0.00272. The predicted octanol–water partition coefficient (Wildman–Crippen LogP) is 2.47. The van der Waals surface area contributed by atoms with Gasteiger partial charge >= 0.3 is 12.1 Å². The van der Waals surface area contributed by atoms with Gasteiger partial charge in [0, 0.05) is 12.3 Å². The van der Waals surface area contributed by atoms with Crippen molar-refractivity contribution in [3.63, 3.8) is 0 Å². The van der Waals surface area contributed by atoms with E-state index in [1.54, 1.807) is 26.8 Å². The molecule has 0 radical (unpaired) electrons. The molecule has 2 unspecified atom stereocenters. The number of thiol groups is 1. The summed E-state index contributed by atoms with van der Waals surface area (Å²) >= 11 is 4.22. The van der Waals surface area contributed by atoms with Crippen molar-refractivity contribution in [2.24, 2.45) is 0 Å². The number of methoxy groups -OCH3 is 1. The number of ether oxygens (including phenoxy) is 2. The van der Waals surface area contributed by atoms with Crippen LogP contribution in [-0.4, -0.2) is 66.4 Å². The summed E-state index contributed by atoms with van der Waals surface area (Å²) < 4.78 is 9.85. The summed E-state index contributed by atoms with van der Waals surface area (Å²) in [5, 5.41) is 5.04. The van der Waals surface area contributed by atoms with E-state index in [2.05, 4.69) is 34.6 Å². The lowest BCUT2D eigenvalue weighted by molar-refractivity contribution is -0.144. The Morgan fingerprint density at radius 3 is 2.35 bits per heavy atom. The summed E-state index contributed by atoms with van der Waals surface area (Å²) in [7, 11) is 1.21. The molecule has 0 spiro atoms. The molecule has 0 aliphatic heterocycles. The molecule has 0 heterocycles. The maximum Gasteiger partial charge on any atom is 0.408 e. The first kappa shape index (κ1) is 29.0. The lowest BCUT2D eigenvalue weighted by Gasteiger charge is -2.34. The Balaban J connectivity index is 3.39. The van der Waals surface area contributed by atoms with Crippen LogP contribution in [-0.2, 0) is 23.9 Å². The van der Waals surface area contributed by atoms with E-state index in [0.717, 1.165) is 11.1 Å². The number of aryl methyl sites for hydroxylation is 2. The zero-order valence-corrected chi connectivity index (χ0v) is 21.5. The monoisotopic (exact) mass is 493 g/mol. The molecule has 1 aromatic carbocycles. The molecule has 0 aliphatic carbocycles. The number of carbonyl (C=O) groups is 4. The SMILES string of the molecule is C=CCN(C(=O)C(CS)NC(=O)OC(C)(C)C)C(C(=O)NCC(=O)OC)c1ccc(C)cc1C. The van der Waals surface area contributed by atoms with E-state index >= 15 is 0 Å². The zero-order chi connectivity index (χ0) is 26.1. The van der Waals surface area contributed by atoms with E-state index in [4.69, 9.17) is 4.74 Å². The van der Waals surface area contributed by atoms with E-state index in [1.807, 2.05) is 26.0 Å². The summed E-state index contributed by atoms with van der Waals surface area (Å²) in [6, 6.07) is 3.31. The van der Waals surface area contributed by atoms with Crippen LogP contribution in [0, 0.1) is 13.8 Å². The number of hydrogen-bond acceptors (Lipinski definition) is 7. The van der Waals surface area contributed by atoms with Crippen molar-refractivity contribution >= 4 is 36.5 Å². The number of hydrogen-bond donors (Lipinski definition) is 3. The largest absolute Gasteiger partial charge is 0.468 e. The first-order chi connectivity index (χ1) is 15.8. The van der Waals surface area contributed by atoms with Gasteiger partial charge < -0.3 is 25.0 Å². The second-order valence-corrected chi connectivity index (χ2v) is 9.08. The van der Waals surface area contributed by atoms with Crippen LogP contribution < -0.4 is 10.6 Å². The lowest BCUT2D eigenvalue weighted by Crippen LogP contribution is -2.54. The van der Waals surface area contributed by atoms with Crippen molar-refractivity contribution in [2.75, 3.05) is 26.0 Å². The third-order valence-electron chi connectivity index (χ3n) is 4.70. The van der Waals surface area contributed by atoms with E-state index in [0.29, 0.717) is 5.56 Å². The van der Waals surface area contributed by atoms with Crippen molar-refractivity contribution in [3.05, 3.63) is 47.5 Å². The summed E-state index contributed by atoms with van der Waals surface area (Å²) in [5.41, 5.74) is 1.57. The van der Waals surface area contributed by atoms with Crippen LogP contribution in [0.25, 0.3) is 0 Å². The Hall–Kier alpha value is -3.01. The molecule has 188 valence electrons. The minimum atomic E-state index is -1.10. The number of benzene rings is 1. The Morgan fingerprint density at radius 1 is 1.21 bits per heavy atom. The molecule has 9 nitrogen and oxygen atoms in total. The molecule has 10 heteroatoms. The summed E-state index contributed by atoms with van der Waals surface area (Å²) in [6.07, 6.45) is 0.696. The van der Waals surface area contributed by atoms with E-state index < -0.39 is 41.6 Å². The molecule has 0 fully saturated rings. The average Bonchev–Trinajstić information content (AvgIpc) is 2.74. The van der Waals surface area contributed by atoms with Gasteiger partial charge in [-0.05, 0) is 45.7 Å². The number of rotatable bonds is 10. The van der Waals surface area contributed by atoms with Crippen LogP contribution in [0.2, 0.25) is 0 Å². The van der Waals surface area contributed by atoms with Gasteiger partial charge in [-0.2, -0.15) is 12.6 Å². The average molecular weight is 494 g/mol. The van der Waals surface area contributed by atoms with Gasteiger partial charge in [-0.25, -0.2) is 4.79 Å². The molecule has 3 amide bonds. The van der Waals surface area contributed by atoms with Gasteiger partial charge in [0.15, 0.2) is 0 Å². The van der Waals surface area contributed by atoms with Crippen LogP contribution in [0.5, 0.6) is 0 Å².